The van der Waals surface area contributed by atoms with E-state index in [0.29, 0.717) is 32.1 Å². The fourth-order valence-electron chi connectivity index (χ4n) is 11.7. The van der Waals surface area contributed by atoms with E-state index in [1.807, 2.05) is 0 Å². The Hall–Kier alpha value is -4.72. The lowest BCUT2D eigenvalue weighted by atomic mass is 9.81. The molecule has 0 spiro atoms. The molecule has 16 N–H and O–H groups in total. The van der Waals surface area contributed by atoms with Crippen LogP contribution in [0.5, 0.6) is 0 Å². The van der Waals surface area contributed by atoms with Gasteiger partial charge >= 0.3 is 0 Å². The summed E-state index contributed by atoms with van der Waals surface area (Å²) in [4.78, 5) is 107. The van der Waals surface area contributed by atoms with Crippen molar-refractivity contribution in [2.75, 3.05) is 92.6 Å². The molecule has 4 saturated heterocycles. The van der Waals surface area contributed by atoms with Gasteiger partial charge < -0.3 is 121 Å². The fourth-order valence-corrected chi connectivity index (χ4v) is 11.7. The lowest BCUT2D eigenvalue weighted by molar-refractivity contribution is -0.282. The number of likely N-dealkylation sites (tertiary alicyclic amines) is 1. The van der Waals surface area contributed by atoms with Crippen LogP contribution in [0.4, 0.5) is 0 Å². The summed E-state index contributed by atoms with van der Waals surface area (Å²) < 4.78 is 38.8. The van der Waals surface area contributed by atoms with Crippen LogP contribution in [0.3, 0.4) is 0 Å². The molecule has 4 rings (SSSR count). The first-order valence-corrected chi connectivity index (χ1v) is 33.2. The zero-order chi connectivity index (χ0) is 69.3. The Balaban J connectivity index is 1.34. The lowest BCUT2D eigenvalue weighted by Crippen LogP contribution is -2.55. The third kappa shape index (κ3) is 28.0. The second-order valence-electron chi connectivity index (χ2n) is 25.1. The minimum absolute atomic E-state index is 0.0105. The Morgan fingerprint density at radius 1 is 0.447 bits per heavy atom. The monoisotopic (exact) mass is 1350 g/mol. The van der Waals surface area contributed by atoms with Crippen LogP contribution in [0.25, 0.3) is 0 Å². The highest BCUT2D eigenvalue weighted by atomic mass is 16.7. The second kappa shape index (κ2) is 43.5. The van der Waals surface area contributed by atoms with Crippen LogP contribution in [-0.4, -0.2) is 287 Å². The molecular formula is C62H109N7O25. The first-order valence-electron chi connectivity index (χ1n) is 33.2. The van der Waals surface area contributed by atoms with Crippen molar-refractivity contribution in [1.82, 2.24) is 36.8 Å². The van der Waals surface area contributed by atoms with Crippen LogP contribution in [0.15, 0.2) is 0 Å². The number of aliphatic hydroxyl groups excluding tert-OH is 10. The Labute approximate surface area is 549 Å². The summed E-state index contributed by atoms with van der Waals surface area (Å²) in [6.45, 7) is 4.33. The molecule has 7 amide bonds. The van der Waals surface area contributed by atoms with Crippen LogP contribution in [0, 0.1) is 17.8 Å². The molecule has 0 aromatic heterocycles. The Kier molecular flexibility index (Phi) is 37.8. The largest absolute Gasteiger partial charge is 0.394 e. The molecule has 0 aromatic rings. The maximum atomic E-state index is 14.0. The summed E-state index contributed by atoms with van der Waals surface area (Å²) in [5.41, 5.74) is -1.21. The number of amides is 7. The summed E-state index contributed by atoms with van der Waals surface area (Å²) in [7, 11) is 1.50. The van der Waals surface area contributed by atoms with Crippen molar-refractivity contribution in [3.05, 3.63) is 0 Å². The Morgan fingerprint density at radius 2 is 0.840 bits per heavy atom. The number of nitrogens with zero attached hydrogens (tertiary/aromatic N) is 1. The predicted molar refractivity (Wildman–Crippen MR) is 331 cm³/mol. The summed E-state index contributed by atoms with van der Waals surface area (Å²) >= 11 is 0. The summed E-state index contributed by atoms with van der Waals surface area (Å²) in [6, 6.07) is -0.323. The topological polar surface area (TPSA) is 479 Å². The molecule has 4 aliphatic rings. The normalized spacial score (nSPS) is 29.2. The van der Waals surface area contributed by atoms with Gasteiger partial charge in [0.25, 0.3) is 0 Å². The molecule has 7 unspecified atom stereocenters. The Morgan fingerprint density at radius 3 is 1.27 bits per heavy atom. The molecule has 0 radical (unpaired) electrons. The van der Waals surface area contributed by atoms with Gasteiger partial charge in [-0.1, -0.05) is 20.8 Å². The van der Waals surface area contributed by atoms with Crippen molar-refractivity contribution < 1.29 is 123 Å². The van der Waals surface area contributed by atoms with Gasteiger partial charge in [0.15, 0.2) is 18.9 Å². The molecule has 18 atom stereocenters. The number of Topliss-reactive ketones (excluding diaryl/α,β-unsaturated/α-hetero) is 1. The van der Waals surface area contributed by atoms with Gasteiger partial charge in [-0.05, 0) is 64.2 Å². The number of aliphatic hydroxyl groups is 10. The predicted octanol–water partition coefficient (Wildman–Crippen LogP) is -4.10. The third-order valence-corrected chi connectivity index (χ3v) is 17.6. The van der Waals surface area contributed by atoms with Crippen LogP contribution in [-0.2, 0) is 71.5 Å². The number of unbranched alkanes of at least 4 members (excludes halogenated alkanes) is 1. The average molecular weight is 1350 g/mol. The number of hydrogen-bond acceptors (Lipinski definition) is 25. The van der Waals surface area contributed by atoms with Crippen LogP contribution >= 0.6 is 0 Å². The van der Waals surface area contributed by atoms with E-state index in [4.69, 9.17) is 33.2 Å². The van der Waals surface area contributed by atoms with E-state index >= 15 is 0 Å². The minimum atomic E-state index is -1.30. The van der Waals surface area contributed by atoms with Gasteiger partial charge in [-0.3, -0.25) is 38.4 Å². The fraction of sp³-hybridized carbons (Fsp3) is 0.871. The number of methoxy groups -OCH3 is 1. The molecule has 32 nitrogen and oxygen atoms in total. The second-order valence-corrected chi connectivity index (χ2v) is 25.1. The molecule has 94 heavy (non-hydrogen) atoms. The Bertz CT molecular complexity index is 2210. The van der Waals surface area contributed by atoms with Gasteiger partial charge in [0.1, 0.15) is 42.4 Å². The lowest BCUT2D eigenvalue weighted by Gasteiger charge is -2.40. The van der Waals surface area contributed by atoms with Gasteiger partial charge in [0.2, 0.25) is 41.4 Å². The van der Waals surface area contributed by atoms with Gasteiger partial charge in [-0.2, -0.15) is 0 Å². The van der Waals surface area contributed by atoms with Crippen LogP contribution in [0.1, 0.15) is 143 Å². The third-order valence-electron chi connectivity index (χ3n) is 17.6. The smallest absolute Gasteiger partial charge is 0.223 e. The number of β-amino-alcohol motifs (C(OH)–C–C–N with tert-alkyl or cyclic N) is 1. The van der Waals surface area contributed by atoms with E-state index in [9.17, 15) is 89.4 Å². The van der Waals surface area contributed by atoms with E-state index in [1.54, 1.807) is 25.7 Å². The van der Waals surface area contributed by atoms with Gasteiger partial charge in [0.05, 0.1) is 96.0 Å². The number of nitrogens with one attached hydrogen (secondary N) is 6. The molecule has 0 aliphatic carbocycles. The highest BCUT2D eigenvalue weighted by Gasteiger charge is 2.45. The van der Waals surface area contributed by atoms with Crippen molar-refractivity contribution in [2.24, 2.45) is 17.8 Å². The van der Waals surface area contributed by atoms with Crippen LogP contribution in [0.2, 0.25) is 0 Å². The van der Waals surface area contributed by atoms with E-state index in [-0.39, 0.29) is 197 Å². The summed E-state index contributed by atoms with van der Waals surface area (Å²) in [6.07, 6.45) is -12.1. The molecule has 0 aromatic carbocycles. The van der Waals surface area contributed by atoms with E-state index in [0.717, 1.165) is 0 Å². The molecule has 4 aliphatic heterocycles. The summed E-state index contributed by atoms with van der Waals surface area (Å²) in [5, 5.41) is 117. The van der Waals surface area contributed by atoms with Crippen molar-refractivity contribution in [3.63, 3.8) is 0 Å². The first-order chi connectivity index (χ1) is 44.9. The first kappa shape index (κ1) is 81.7. The minimum Gasteiger partial charge on any atom is -0.394 e. The van der Waals surface area contributed by atoms with Gasteiger partial charge in [-0.15, -0.1) is 0 Å². The van der Waals surface area contributed by atoms with Gasteiger partial charge in [0, 0.05) is 108 Å². The molecule has 4 fully saturated rings. The molecule has 32 heteroatoms. The van der Waals surface area contributed by atoms with E-state index < -0.39 is 135 Å². The van der Waals surface area contributed by atoms with Gasteiger partial charge in [-0.25, -0.2) is 0 Å². The molecular weight excluding hydrogens is 1240 g/mol. The van der Waals surface area contributed by atoms with Crippen LogP contribution < -0.4 is 31.9 Å². The molecule has 4 heterocycles. The number of ether oxygens (including phenoxy) is 7. The average Bonchev–Trinajstić information content (AvgIpc) is 1.84. The highest BCUT2D eigenvalue weighted by Crippen LogP contribution is 2.31. The number of ketones is 1. The molecule has 542 valence electrons. The zero-order valence-electron chi connectivity index (χ0n) is 55.0. The van der Waals surface area contributed by atoms with Crippen molar-refractivity contribution in [2.45, 2.75) is 234 Å². The van der Waals surface area contributed by atoms with E-state index in [2.05, 4.69) is 31.9 Å². The molecule has 0 bridgehead atoms. The SMILES string of the molecule is COC[C@@H]1C[C@@H](O)CN1C(=O)CCCC(=O)NC(CCCC(=O)NCCCNC(=O)CCO[C@@H]1OC(CO)[C@H](O)[C@H](O)C1C)(CCC(=O)CCCCNC(=O)CCO[C@@H]1OC(CO)[C@H](O)[C@H](O)C1C)CCC(=O)NCCCNC(=O)CCO[C@@H]1OC(CO)[C@H](O)[C@H](O)C1C. The standard InChI is InChI=1S/C62H109N7O25/c1-37-53(82)56(85)43(33-70)92-59(37)89-28-17-48(77)63-23-6-5-11-41(73)15-21-62(68-51(80)12-7-14-52(81)69-32-42(74)31-40(69)36-88-4,22-16-47(76)65-25-10-27-67-50(79)19-30-91-61-39(3)55(84)58(87)45(35-72)94-61)20-8-13-46(75)64-24-9-26-66-49(78)18-29-90-60-38(2)54(83)57(86)44(34-71)93-60/h37-40,42-45,53-61,70-72,74,82-87H,5-36H2,1-4H3,(H,63,77)(H,64,75)(H,65,76)(H,66,78)(H,67,79)(H,68,80)/t37?,38?,39?,40-,42+,43?,44?,45?,53+,54+,55+,56-,57-,58-,59+,60+,61+,62?/m0/s1. The highest BCUT2D eigenvalue weighted by molar-refractivity contribution is 5.82. The van der Waals surface area contributed by atoms with Crippen molar-refractivity contribution >= 4 is 47.1 Å². The maximum absolute atomic E-state index is 14.0. The number of carbonyl (C=O) groups excluding carboxylic acids is 8. The van der Waals surface area contributed by atoms with Crippen molar-refractivity contribution in [1.29, 1.82) is 0 Å². The molecule has 0 saturated carbocycles. The number of rotatable bonds is 45. The van der Waals surface area contributed by atoms with Crippen molar-refractivity contribution in [3.8, 4) is 0 Å². The van der Waals surface area contributed by atoms with E-state index in [1.165, 1.54) is 7.11 Å². The quantitative estimate of drug-likeness (QED) is 0.0258. The number of carbonyl (C=O) groups is 8. The summed E-state index contributed by atoms with van der Waals surface area (Å²) in [5.74, 6) is -4.57. The zero-order valence-corrected chi connectivity index (χ0v) is 55.0. The maximum Gasteiger partial charge on any atom is 0.223 e. The number of hydrogen-bond donors (Lipinski definition) is 16.